The number of carbonyl (C=O) groups excluding carboxylic acids is 3. The van der Waals surface area contributed by atoms with Gasteiger partial charge in [-0.05, 0) is 30.7 Å². The van der Waals surface area contributed by atoms with Gasteiger partial charge in [-0.3, -0.25) is 14.5 Å². The smallest absolute Gasteiger partial charge is 0.334 e. The molecule has 0 spiro atoms. The first-order chi connectivity index (χ1) is 14.6. The Morgan fingerprint density at radius 3 is 1.87 bits per heavy atom. The van der Waals surface area contributed by atoms with Crippen molar-refractivity contribution in [2.75, 3.05) is 0 Å². The number of amides is 2. The fourth-order valence-corrected chi connectivity index (χ4v) is 3.33. The van der Waals surface area contributed by atoms with Gasteiger partial charge >= 0.3 is 5.97 Å². The maximum absolute atomic E-state index is 12.9. The fourth-order valence-electron chi connectivity index (χ4n) is 3.33. The van der Waals surface area contributed by atoms with Gasteiger partial charge in [0.25, 0.3) is 11.8 Å². The molecule has 4 rings (SSSR count). The summed E-state index contributed by atoms with van der Waals surface area (Å²) in [6, 6.07) is 24.1. The molecule has 0 radical (unpaired) electrons. The number of ether oxygens (including phenoxy) is 1. The van der Waals surface area contributed by atoms with E-state index in [0.29, 0.717) is 22.4 Å². The molecule has 0 saturated carbocycles. The summed E-state index contributed by atoms with van der Waals surface area (Å²) in [6.45, 7) is 1.50. The van der Waals surface area contributed by atoms with Crippen LogP contribution in [0.15, 0.2) is 84.9 Å². The Morgan fingerprint density at radius 2 is 1.30 bits per heavy atom. The van der Waals surface area contributed by atoms with Gasteiger partial charge in [0.1, 0.15) is 11.8 Å². The van der Waals surface area contributed by atoms with Crippen molar-refractivity contribution in [3.63, 3.8) is 0 Å². The van der Waals surface area contributed by atoms with Gasteiger partial charge in [0.2, 0.25) is 0 Å². The summed E-state index contributed by atoms with van der Waals surface area (Å²) in [7, 11) is 0. The van der Waals surface area contributed by atoms with Crippen LogP contribution in [-0.2, 0) is 9.53 Å². The Labute approximate surface area is 174 Å². The molecule has 1 atom stereocenters. The van der Waals surface area contributed by atoms with Crippen LogP contribution in [0.5, 0.6) is 0 Å². The van der Waals surface area contributed by atoms with E-state index in [1.165, 1.54) is 6.92 Å². The number of nitrogens with zero attached hydrogens (tertiary/aromatic N) is 1. The molecule has 1 heterocycles. The zero-order chi connectivity index (χ0) is 21.1. The van der Waals surface area contributed by atoms with E-state index >= 15 is 0 Å². The number of benzene rings is 3. The second-order valence-electron chi connectivity index (χ2n) is 6.91. The zero-order valence-electron chi connectivity index (χ0n) is 16.3. The van der Waals surface area contributed by atoms with Gasteiger partial charge in [-0.25, -0.2) is 4.79 Å². The highest BCUT2D eigenvalue weighted by atomic mass is 16.5. The van der Waals surface area contributed by atoms with Crippen LogP contribution in [0, 0.1) is 0 Å². The molecule has 0 N–H and O–H groups in total. The second-order valence-corrected chi connectivity index (χ2v) is 6.91. The quantitative estimate of drug-likeness (QED) is 0.277. The van der Waals surface area contributed by atoms with Gasteiger partial charge in [-0.2, -0.15) is 0 Å². The Morgan fingerprint density at radius 1 is 0.800 bits per heavy atom. The van der Waals surface area contributed by atoms with E-state index in [2.05, 4.69) is 0 Å². The lowest BCUT2D eigenvalue weighted by molar-refractivity contribution is -0.140. The van der Waals surface area contributed by atoms with Crippen molar-refractivity contribution in [2.45, 2.75) is 13.0 Å². The summed E-state index contributed by atoms with van der Waals surface area (Å²) in [6.07, 6.45) is 1.75. The van der Waals surface area contributed by atoms with E-state index < -0.39 is 23.8 Å². The molecule has 0 fully saturated rings. The maximum Gasteiger partial charge on any atom is 0.334 e. The minimum atomic E-state index is -1.07. The van der Waals surface area contributed by atoms with Crippen molar-refractivity contribution >= 4 is 29.6 Å². The number of imide groups is 1. The third kappa shape index (κ3) is 3.65. The molecule has 0 unspecified atom stereocenters. The van der Waals surface area contributed by atoms with E-state index in [-0.39, 0.29) is 0 Å². The molecule has 3 aromatic carbocycles. The summed E-state index contributed by atoms with van der Waals surface area (Å²) >= 11 is 0. The Balaban J connectivity index is 1.61. The predicted octanol–water partition coefficient (Wildman–Crippen LogP) is 4.41. The molecule has 5 nitrogen and oxygen atoms in total. The first-order valence-corrected chi connectivity index (χ1v) is 9.57. The molecule has 2 amide bonds. The molecule has 0 aliphatic carbocycles. The molecule has 1 aliphatic heterocycles. The van der Waals surface area contributed by atoms with Crippen LogP contribution in [0.1, 0.15) is 38.8 Å². The summed E-state index contributed by atoms with van der Waals surface area (Å²) in [4.78, 5) is 39.3. The number of esters is 1. The molecule has 0 saturated heterocycles. The van der Waals surface area contributed by atoms with E-state index in [1.54, 1.807) is 30.3 Å². The van der Waals surface area contributed by atoms with E-state index in [0.717, 1.165) is 10.5 Å². The standard InChI is InChI=1S/C25H19NO4/c1-17(26-23(27)20-14-8-9-15-21(20)24(26)28)25(29)30-22(19-12-6-3-7-13-19)16-18-10-4-2-5-11-18/h2-17H,1H3/b22-16+/t17-/m0/s1. The number of rotatable bonds is 5. The van der Waals surface area contributed by atoms with Gasteiger partial charge < -0.3 is 4.74 Å². The predicted molar refractivity (Wildman–Crippen MR) is 113 cm³/mol. The lowest BCUT2D eigenvalue weighted by atomic mass is 10.1. The molecule has 0 bridgehead atoms. The summed E-state index contributed by atoms with van der Waals surface area (Å²) in [5.74, 6) is -1.33. The topological polar surface area (TPSA) is 63.7 Å². The molecule has 30 heavy (non-hydrogen) atoms. The Kier molecular flexibility index (Phi) is 5.26. The number of fused-ring (bicyclic) bond motifs is 1. The third-order valence-electron chi connectivity index (χ3n) is 4.92. The molecule has 0 aromatic heterocycles. The molecule has 148 valence electrons. The highest BCUT2D eigenvalue weighted by Gasteiger charge is 2.41. The van der Waals surface area contributed by atoms with Crippen molar-refractivity contribution in [1.29, 1.82) is 0 Å². The van der Waals surface area contributed by atoms with Crippen molar-refractivity contribution in [1.82, 2.24) is 4.90 Å². The van der Waals surface area contributed by atoms with Gasteiger partial charge in [0.15, 0.2) is 0 Å². The molecule has 5 heteroatoms. The first kappa shape index (κ1) is 19.3. The number of hydrogen-bond acceptors (Lipinski definition) is 4. The highest BCUT2D eigenvalue weighted by molar-refractivity contribution is 6.22. The molecular formula is C25H19NO4. The molecule has 3 aromatic rings. The van der Waals surface area contributed by atoms with Crippen LogP contribution < -0.4 is 0 Å². The lowest BCUT2D eigenvalue weighted by Crippen LogP contribution is -2.43. The van der Waals surface area contributed by atoms with Crippen molar-refractivity contribution in [2.24, 2.45) is 0 Å². The van der Waals surface area contributed by atoms with E-state index in [1.807, 2.05) is 60.7 Å². The number of carbonyl (C=O) groups is 3. The Bertz CT molecular complexity index is 1100. The monoisotopic (exact) mass is 397 g/mol. The van der Waals surface area contributed by atoms with Crippen molar-refractivity contribution in [3.8, 4) is 0 Å². The lowest BCUT2D eigenvalue weighted by Gasteiger charge is -2.21. The van der Waals surface area contributed by atoms with Crippen LogP contribution in [0.2, 0.25) is 0 Å². The van der Waals surface area contributed by atoms with Crippen LogP contribution in [0.25, 0.3) is 11.8 Å². The van der Waals surface area contributed by atoms with Gasteiger partial charge in [-0.15, -0.1) is 0 Å². The fraction of sp³-hybridized carbons (Fsp3) is 0.0800. The first-order valence-electron chi connectivity index (χ1n) is 9.57. The molecular weight excluding hydrogens is 378 g/mol. The summed E-state index contributed by atoms with van der Waals surface area (Å²) in [5, 5.41) is 0. The van der Waals surface area contributed by atoms with Crippen LogP contribution in [0.3, 0.4) is 0 Å². The van der Waals surface area contributed by atoms with Crippen molar-refractivity contribution in [3.05, 3.63) is 107 Å². The van der Waals surface area contributed by atoms with Crippen LogP contribution in [-0.4, -0.2) is 28.7 Å². The summed E-state index contributed by atoms with van der Waals surface area (Å²) in [5.41, 5.74) is 2.16. The third-order valence-corrected chi connectivity index (χ3v) is 4.92. The normalized spacial score (nSPS) is 14.4. The van der Waals surface area contributed by atoms with Crippen molar-refractivity contribution < 1.29 is 19.1 Å². The van der Waals surface area contributed by atoms with Gasteiger partial charge in [-0.1, -0.05) is 72.8 Å². The van der Waals surface area contributed by atoms with Gasteiger partial charge in [0.05, 0.1) is 11.1 Å². The zero-order valence-corrected chi connectivity index (χ0v) is 16.3. The largest absolute Gasteiger partial charge is 0.424 e. The highest BCUT2D eigenvalue weighted by Crippen LogP contribution is 2.26. The average molecular weight is 397 g/mol. The average Bonchev–Trinajstić information content (AvgIpc) is 3.04. The minimum absolute atomic E-state index is 0.297. The van der Waals surface area contributed by atoms with E-state index in [4.69, 9.17) is 4.74 Å². The number of hydrogen-bond donors (Lipinski definition) is 0. The summed E-state index contributed by atoms with van der Waals surface area (Å²) < 4.78 is 5.69. The van der Waals surface area contributed by atoms with E-state index in [9.17, 15) is 14.4 Å². The second kappa shape index (κ2) is 8.17. The minimum Gasteiger partial charge on any atom is -0.424 e. The Hall–Kier alpha value is -3.99. The molecule has 1 aliphatic rings. The SMILES string of the molecule is C[C@@H](C(=O)O/C(=C/c1ccccc1)c1ccccc1)N1C(=O)c2ccccc2C1=O. The van der Waals surface area contributed by atoms with Gasteiger partial charge in [0, 0.05) is 5.56 Å². The van der Waals surface area contributed by atoms with Crippen LogP contribution >= 0.6 is 0 Å². The van der Waals surface area contributed by atoms with Crippen LogP contribution in [0.4, 0.5) is 0 Å². The maximum atomic E-state index is 12.9.